The quantitative estimate of drug-likeness (QED) is 0.485. The Balaban J connectivity index is 1.96. The molecule has 19 heavy (non-hydrogen) atoms. The van der Waals surface area contributed by atoms with Gasteiger partial charge < -0.3 is 5.32 Å². The van der Waals surface area contributed by atoms with Gasteiger partial charge in [-0.2, -0.15) is 4.99 Å². The smallest absolute Gasteiger partial charge is 0.318 e. The highest BCUT2D eigenvalue weighted by molar-refractivity contribution is 6.17. The molecule has 0 aromatic carbocycles. The fraction of sp³-hybridized carbons (Fsp3) is 0.455. The van der Waals surface area contributed by atoms with Crippen molar-refractivity contribution in [2.75, 3.05) is 19.0 Å². The lowest BCUT2D eigenvalue weighted by atomic mass is 10.3. The first kappa shape index (κ1) is 13.7. The molecule has 0 aromatic rings. The maximum Gasteiger partial charge on any atom is 0.318 e. The molecule has 2 heterocycles. The van der Waals surface area contributed by atoms with Crippen LogP contribution in [-0.4, -0.2) is 48.4 Å². The minimum Gasteiger partial charge on any atom is -0.355 e. The number of hydrogen-bond acceptors (Lipinski definition) is 4. The highest BCUT2D eigenvalue weighted by Crippen LogP contribution is 2.08. The molecule has 0 bridgehead atoms. The molecule has 1 unspecified atom stereocenters. The van der Waals surface area contributed by atoms with E-state index in [-0.39, 0.29) is 18.4 Å². The molecular formula is C11H15ClN5O2+. The Hall–Kier alpha value is -1.73. The predicted octanol–water partition coefficient (Wildman–Crippen LogP) is -1.32. The number of allylic oxidation sites excluding steroid dienone is 1. The van der Waals surface area contributed by atoms with Crippen molar-refractivity contribution in [3.8, 4) is 0 Å². The monoisotopic (exact) mass is 284 g/mol. The Morgan fingerprint density at radius 2 is 2.37 bits per heavy atom. The van der Waals surface area contributed by atoms with Gasteiger partial charge in [0, 0.05) is 12.4 Å². The molecule has 2 amide bonds. The van der Waals surface area contributed by atoms with Crippen LogP contribution < -0.4 is 10.3 Å². The third-order valence-corrected chi connectivity index (χ3v) is 3.02. The second-order valence-corrected chi connectivity index (χ2v) is 4.55. The van der Waals surface area contributed by atoms with Crippen LogP contribution >= 0.6 is 11.6 Å². The summed E-state index contributed by atoms with van der Waals surface area (Å²) < 4.78 is 0. The maximum absolute atomic E-state index is 12.2. The maximum atomic E-state index is 12.2. The van der Waals surface area contributed by atoms with E-state index < -0.39 is 0 Å². The van der Waals surface area contributed by atoms with Gasteiger partial charge in [-0.05, 0) is 13.3 Å². The molecule has 7 nitrogen and oxygen atoms in total. The first-order valence-electron chi connectivity index (χ1n) is 5.93. The van der Waals surface area contributed by atoms with Gasteiger partial charge in [-0.1, -0.05) is 5.10 Å². The summed E-state index contributed by atoms with van der Waals surface area (Å²) in [6.07, 6.45) is 3.62. The summed E-state index contributed by atoms with van der Waals surface area (Å²) in [5, 5.41) is 7.36. The number of hydrogen-bond donors (Lipinski definition) is 2. The number of fused-ring (bicyclic) bond motifs is 1. The molecule has 2 N–H and O–H groups in total. The zero-order valence-corrected chi connectivity index (χ0v) is 11.3. The molecule has 8 heteroatoms. The van der Waals surface area contributed by atoms with Crippen molar-refractivity contribution in [2.24, 2.45) is 10.1 Å². The lowest BCUT2D eigenvalue weighted by molar-refractivity contribution is -0.756. The molecule has 0 fully saturated rings. The van der Waals surface area contributed by atoms with E-state index in [0.717, 1.165) is 0 Å². The van der Waals surface area contributed by atoms with Crippen molar-refractivity contribution < 1.29 is 14.6 Å². The predicted molar refractivity (Wildman–Crippen MR) is 70.7 cm³/mol. The SMILES string of the molecule is CC1=C2C(=O)N(CC(=O)NCCCCl)C=N[NH+]2C=N1. The second-order valence-electron chi connectivity index (χ2n) is 4.17. The zero-order valence-electron chi connectivity index (χ0n) is 10.5. The van der Waals surface area contributed by atoms with Crippen molar-refractivity contribution in [2.45, 2.75) is 13.3 Å². The van der Waals surface area contributed by atoms with Gasteiger partial charge in [0.1, 0.15) is 12.2 Å². The Labute approximate surface area is 115 Å². The number of carbonyl (C=O) groups excluding carboxylic acids is 2. The summed E-state index contributed by atoms with van der Waals surface area (Å²) in [5.74, 6) is 0.0181. The van der Waals surface area contributed by atoms with E-state index >= 15 is 0 Å². The lowest BCUT2D eigenvalue weighted by Crippen LogP contribution is -3.06. The van der Waals surface area contributed by atoms with Gasteiger partial charge in [-0.3, -0.25) is 14.5 Å². The average molecular weight is 285 g/mol. The summed E-state index contributed by atoms with van der Waals surface area (Å²) in [7, 11) is 0. The Morgan fingerprint density at radius 1 is 1.58 bits per heavy atom. The highest BCUT2D eigenvalue weighted by atomic mass is 35.5. The normalized spacial score (nSPS) is 21.1. The van der Waals surface area contributed by atoms with Crippen molar-refractivity contribution in [3.05, 3.63) is 11.4 Å². The van der Waals surface area contributed by atoms with Crippen LogP contribution in [0.1, 0.15) is 13.3 Å². The number of halogens is 1. The molecule has 1 atom stereocenters. The minimum atomic E-state index is -0.243. The van der Waals surface area contributed by atoms with E-state index in [1.807, 2.05) is 0 Å². The first-order chi connectivity index (χ1) is 9.13. The van der Waals surface area contributed by atoms with Gasteiger partial charge in [0.2, 0.25) is 12.2 Å². The summed E-state index contributed by atoms with van der Waals surface area (Å²) in [6.45, 7) is 2.20. The van der Waals surface area contributed by atoms with Gasteiger partial charge >= 0.3 is 5.91 Å². The number of nitrogens with zero attached hydrogens (tertiary/aromatic N) is 3. The highest BCUT2D eigenvalue weighted by Gasteiger charge is 2.37. The van der Waals surface area contributed by atoms with E-state index in [1.165, 1.54) is 11.2 Å². The number of amides is 2. The van der Waals surface area contributed by atoms with Crippen molar-refractivity contribution in [1.29, 1.82) is 0 Å². The molecule has 0 aliphatic carbocycles. The fourth-order valence-electron chi connectivity index (χ4n) is 1.78. The fourth-order valence-corrected chi connectivity index (χ4v) is 1.91. The lowest BCUT2D eigenvalue weighted by Gasteiger charge is -2.21. The number of alkyl halides is 1. The van der Waals surface area contributed by atoms with E-state index in [0.29, 0.717) is 35.2 Å². The van der Waals surface area contributed by atoms with E-state index in [1.54, 1.807) is 13.3 Å². The van der Waals surface area contributed by atoms with Crippen molar-refractivity contribution >= 4 is 36.1 Å². The molecule has 0 spiro atoms. The zero-order chi connectivity index (χ0) is 13.8. The van der Waals surface area contributed by atoms with Crippen LogP contribution in [0.25, 0.3) is 0 Å². The summed E-state index contributed by atoms with van der Waals surface area (Å²) in [6, 6.07) is 0. The molecule has 0 saturated carbocycles. The molecule has 2 rings (SSSR count). The first-order valence-corrected chi connectivity index (χ1v) is 6.47. The van der Waals surface area contributed by atoms with E-state index in [9.17, 15) is 9.59 Å². The third-order valence-electron chi connectivity index (χ3n) is 2.76. The van der Waals surface area contributed by atoms with Crippen LogP contribution in [0, 0.1) is 0 Å². The van der Waals surface area contributed by atoms with E-state index in [4.69, 9.17) is 11.6 Å². The van der Waals surface area contributed by atoms with E-state index in [2.05, 4.69) is 15.4 Å². The number of quaternary nitrogens is 1. The van der Waals surface area contributed by atoms with Crippen LogP contribution in [0.3, 0.4) is 0 Å². The molecule has 102 valence electrons. The summed E-state index contributed by atoms with van der Waals surface area (Å²) in [5.41, 5.74) is 1.10. The Morgan fingerprint density at radius 3 is 3.11 bits per heavy atom. The summed E-state index contributed by atoms with van der Waals surface area (Å²) >= 11 is 5.52. The molecule has 0 saturated heterocycles. The topological polar surface area (TPSA) is 78.6 Å². The molecule has 0 radical (unpaired) electrons. The van der Waals surface area contributed by atoms with Gasteiger partial charge in [-0.15, -0.1) is 16.6 Å². The average Bonchev–Trinajstić information content (AvgIpc) is 2.76. The molecule has 2 aliphatic heterocycles. The van der Waals surface area contributed by atoms with Crippen LogP contribution in [-0.2, 0) is 9.59 Å². The van der Waals surface area contributed by atoms with Gasteiger partial charge in [0.25, 0.3) is 5.70 Å². The molecule has 0 aromatic heterocycles. The molecule has 2 aliphatic rings. The Kier molecular flexibility index (Phi) is 4.28. The van der Waals surface area contributed by atoms with Crippen LogP contribution in [0.4, 0.5) is 0 Å². The Bertz CT molecular complexity index is 485. The number of nitrogens with one attached hydrogen (secondary N) is 2. The van der Waals surface area contributed by atoms with Gasteiger partial charge in [0.15, 0.2) is 6.34 Å². The summed E-state index contributed by atoms with van der Waals surface area (Å²) in [4.78, 5) is 29.1. The van der Waals surface area contributed by atoms with Crippen LogP contribution in [0.15, 0.2) is 21.5 Å². The largest absolute Gasteiger partial charge is 0.355 e. The van der Waals surface area contributed by atoms with Gasteiger partial charge in [0.05, 0.1) is 0 Å². The minimum absolute atomic E-state index is 0.0469. The van der Waals surface area contributed by atoms with Crippen LogP contribution in [0.5, 0.6) is 0 Å². The van der Waals surface area contributed by atoms with Crippen molar-refractivity contribution in [3.63, 3.8) is 0 Å². The number of carbonyl (C=O) groups is 2. The van der Waals surface area contributed by atoms with Gasteiger partial charge in [-0.25, -0.2) is 0 Å². The second kappa shape index (κ2) is 5.94. The number of aliphatic imine (C=N–C) groups is 1. The standard InChI is InChI=1S/C11H14ClN5O2/c1-8-10-11(19)16(7-15-17(10)6-14-8)5-9(18)13-4-2-3-12/h6-7H,2-5H2,1H3,(H,13,18)/p+1. The molecular weight excluding hydrogens is 270 g/mol. The van der Waals surface area contributed by atoms with Crippen LogP contribution in [0.2, 0.25) is 0 Å². The number of rotatable bonds is 5. The van der Waals surface area contributed by atoms with Crippen molar-refractivity contribution in [1.82, 2.24) is 10.2 Å². The third kappa shape index (κ3) is 2.99.